The van der Waals surface area contributed by atoms with E-state index in [0.29, 0.717) is 31.5 Å². The molecule has 0 spiro atoms. The normalized spacial score (nSPS) is 18.4. The number of aromatic amines is 1. The van der Waals surface area contributed by atoms with Gasteiger partial charge in [-0.1, -0.05) is 51.5 Å². The SMILES string of the molecule is C[C@@H](Cc1cccc(C2CCCC(C)(C)CS(=O)(=O)CCc3c(c(F)c(F)c4[nH]ccc34)Oc3ccc(F)c(c3)-c3nc2nn3C)c1)C(=O)O. The Morgan fingerprint density at radius 3 is 2.68 bits per heavy atom. The molecule has 9 nitrogen and oxygen atoms in total. The lowest BCUT2D eigenvalue weighted by Gasteiger charge is -2.26. The molecule has 0 saturated carbocycles. The summed E-state index contributed by atoms with van der Waals surface area (Å²) in [5.41, 5.74) is 1.13. The maximum atomic E-state index is 15.7. The summed E-state index contributed by atoms with van der Waals surface area (Å²) in [6.45, 7) is 5.41. The van der Waals surface area contributed by atoms with Crippen LogP contribution in [0.5, 0.6) is 11.5 Å². The average Bonchev–Trinajstić information content (AvgIpc) is 3.68. The van der Waals surface area contributed by atoms with Gasteiger partial charge >= 0.3 is 5.97 Å². The number of hydrogen-bond donors (Lipinski definition) is 2. The lowest BCUT2D eigenvalue weighted by molar-refractivity contribution is -0.141. The number of halogens is 3. The molecule has 264 valence electrons. The first-order valence-electron chi connectivity index (χ1n) is 16.5. The van der Waals surface area contributed by atoms with Crippen LogP contribution in [0.25, 0.3) is 22.3 Å². The fourth-order valence-corrected chi connectivity index (χ4v) is 8.86. The Morgan fingerprint density at radius 2 is 1.92 bits per heavy atom. The maximum Gasteiger partial charge on any atom is 0.306 e. The summed E-state index contributed by atoms with van der Waals surface area (Å²) in [5, 5.41) is 14.4. The van der Waals surface area contributed by atoms with E-state index in [-0.39, 0.29) is 57.4 Å². The number of nitrogens with zero attached hydrogens (tertiary/aromatic N) is 3. The molecule has 1 unspecified atom stereocenters. The molecule has 2 N–H and O–H groups in total. The number of hydrogen-bond acceptors (Lipinski definition) is 6. The Balaban J connectivity index is 1.48. The second-order valence-electron chi connectivity index (χ2n) is 14.0. The van der Waals surface area contributed by atoms with Crippen molar-refractivity contribution in [2.75, 3.05) is 11.5 Å². The minimum Gasteiger partial charge on any atom is -0.481 e. The van der Waals surface area contributed by atoms with Crippen LogP contribution in [0, 0.1) is 28.8 Å². The predicted octanol–water partition coefficient (Wildman–Crippen LogP) is 7.74. The standard InChI is InChI=1S/C37H39F3N4O5S/c1-21(36(45)46)17-22-7-5-8-23(18-22)25-9-6-14-37(2,3)20-50(47,48)16-13-27-26-12-15-41-32(26)30(39)31(40)33(27)49-24-10-11-29(38)28(19-24)35-42-34(25)43-44(35)4/h5,7-8,10-12,15,18-19,21,25,41H,6,9,13-14,16-17,20H2,1-4H3,(H,45,46)/t21-,25?/m0/s1. The van der Waals surface area contributed by atoms with Crippen LogP contribution < -0.4 is 4.74 Å². The Bertz CT molecular complexity index is 2190. The third kappa shape index (κ3) is 7.28. The number of ether oxygens (including phenoxy) is 1. The molecule has 6 rings (SSSR count). The summed E-state index contributed by atoms with van der Waals surface area (Å²) in [6, 6.07) is 12.9. The molecule has 1 aliphatic rings. The number of carbonyl (C=O) groups is 1. The Kier molecular flexibility index (Phi) is 9.55. The van der Waals surface area contributed by atoms with Gasteiger partial charge in [0.2, 0.25) is 5.82 Å². The number of aryl methyl sites for hydroxylation is 2. The highest BCUT2D eigenvalue weighted by molar-refractivity contribution is 7.91. The number of carboxylic acids is 1. The van der Waals surface area contributed by atoms with Gasteiger partial charge in [-0.15, -0.1) is 0 Å². The highest BCUT2D eigenvalue weighted by atomic mass is 32.2. The van der Waals surface area contributed by atoms with Crippen LogP contribution in [0.15, 0.2) is 54.7 Å². The van der Waals surface area contributed by atoms with Gasteiger partial charge in [0.05, 0.1) is 28.5 Å². The van der Waals surface area contributed by atoms with Crippen molar-refractivity contribution in [1.29, 1.82) is 0 Å². The first kappa shape index (κ1) is 35.2. The maximum absolute atomic E-state index is 15.7. The van der Waals surface area contributed by atoms with Gasteiger partial charge in [-0.25, -0.2) is 26.9 Å². The number of carboxylic acid groups (broad SMARTS) is 1. The van der Waals surface area contributed by atoms with E-state index >= 15 is 13.2 Å². The Labute approximate surface area is 288 Å². The van der Waals surface area contributed by atoms with Gasteiger partial charge in [0, 0.05) is 30.1 Å². The number of aliphatic carboxylic acids is 1. The van der Waals surface area contributed by atoms with Crippen molar-refractivity contribution >= 4 is 26.7 Å². The second kappa shape index (κ2) is 13.6. The summed E-state index contributed by atoms with van der Waals surface area (Å²) in [7, 11) is -2.05. The lowest BCUT2D eigenvalue weighted by atomic mass is 9.85. The molecule has 13 heteroatoms. The van der Waals surface area contributed by atoms with Crippen LogP contribution in [-0.4, -0.2) is 50.7 Å². The monoisotopic (exact) mass is 708 g/mol. The average molecular weight is 709 g/mol. The van der Waals surface area contributed by atoms with Gasteiger partial charge in [0.1, 0.15) is 11.6 Å². The summed E-state index contributed by atoms with van der Waals surface area (Å²) in [5.74, 6) is -5.34. The third-order valence-corrected chi connectivity index (χ3v) is 11.4. The van der Waals surface area contributed by atoms with Crippen molar-refractivity contribution in [3.05, 3.63) is 94.7 Å². The molecule has 4 bridgehead atoms. The molecule has 2 aromatic heterocycles. The number of H-pyrrole nitrogens is 1. The van der Waals surface area contributed by atoms with Crippen LogP contribution in [0.3, 0.4) is 0 Å². The van der Waals surface area contributed by atoms with Gasteiger partial charge in [-0.05, 0) is 66.5 Å². The zero-order chi connectivity index (χ0) is 36.0. The van der Waals surface area contributed by atoms with E-state index in [2.05, 4.69) is 10.1 Å². The Morgan fingerprint density at radius 1 is 1.14 bits per heavy atom. The predicted molar refractivity (Wildman–Crippen MR) is 183 cm³/mol. The van der Waals surface area contributed by atoms with Crippen LogP contribution in [0.2, 0.25) is 0 Å². The number of benzene rings is 3. The highest BCUT2D eigenvalue weighted by Gasteiger charge is 2.30. The molecular weight excluding hydrogens is 669 g/mol. The number of fused-ring (bicyclic) bond motifs is 8. The van der Waals surface area contributed by atoms with E-state index in [1.807, 2.05) is 38.1 Å². The first-order chi connectivity index (χ1) is 23.6. The number of rotatable bonds is 4. The van der Waals surface area contributed by atoms with Gasteiger partial charge in [0.15, 0.2) is 33.1 Å². The number of nitrogens with one attached hydrogen (secondary N) is 1. The van der Waals surface area contributed by atoms with E-state index < -0.39 is 50.3 Å². The molecule has 3 aromatic carbocycles. The van der Waals surface area contributed by atoms with Crippen molar-refractivity contribution < 1.29 is 36.2 Å². The Hall–Kier alpha value is -4.65. The molecular formula is C37H39F3N4O5S. The minimum atomic E-state index is -3.68. The van der Waals surface area contributed by atoms with Crippen LogP contribution >= 0.6 is 0 Å². The zero-order valence-corrected chi connectivity index (χ0v) is 29.1. The quantitative estimate of drug-likeness (QED) is 0.196. The van der Waals surface area contributed by atoms with Crippen molar-refractivity contribution in [2.45, 2.75) is 58.8 Å². The van der Waals surface area contributed by atoms with Crippen LogP contribution in [0.1, 0.15) is 68.5 Å². The molecule has 0 amide bonds. The molecule has 2 atom stereocenters. The van der Waals surface area contributed by atoms with Crippen molar-refractivity contribution in [3.63, 3.8) is 0 Å². The highest BCUT2D eigenvalue weighted by Crippen LogP contribution is 2.40. The first-order valence-corrected chi connectivity index (χ1v) is 18.3. The van der Waals surface area contributed by atoms with Gasteiger partial charge in [-0.2, -0.15) is 9.49 Å². The smallest absolute Gasteiger partial charge is 0.306 e. The molecule has 0 radical (unpaired) electrons. The molecule has 5 aromatic rings. The largest absolute Gasteiger partial charge is 0.481 e. The van der Waals surface area contributed by atoms with Crippen LogP contribution in [-0.2, 0) is 34.5 Å². The van der Waals surface area contributed by atoms with Crippen molar-refractivity contribution in [2.24, 2.45) is 18.4 Å². The van der Waals surface area contributed by atoms with E-state index in [9.17, 15) is 18.3 Å². The van der Waals surface area contributed by atoms with Crippen LogP contribution in [0.4, 0.5) is 13.2 Å². The van der Waals surface area contributed by atoms with Gasteiger partial charge < -0.3 is 14.8 Å². The van der Waals surface area contributed by atoms with Gasteiger partial charge in [0.25, 0.3) is 0 Å². The zero-order valence-electron chi connectivity index (χ0n) is 28.3. The molecule has 0 fully saturated rings. The summed E-state index contributed by atoms with van der Waals surface area (Å²) < 4.78 is 80.9. The second-order valence-corrected chi connectivity index (χ2v) is 16.2. The van der Waals surface area contributed by atoms with Gasteiger partial charge in [-0.3, -0.25) is 4.79 Å². The van der Waals surface area contributed by atoms with Crippen molar-refractivity contribution in [3.8, 4) is 22.9 Å². The van der Waals surface area contributed by atoms with Crippen molar-refractivity contribution in [1.82, 2.24) is 19.7 Å². The number of aromatic nitrogens is 4. The fourth-order valence-electron chi connectivity index (χ4n) is 6.87. The van der Waals surface area contributed by atoms with E-state index in [1.165, 1.54) is 23.0 Å². The van der Waals surface area contributed by atoms with E-state index in [1.54, 1.807) is 20.0 Å². The lowest BCUT2D eigenvalue weighted by Crippen LogP contribution is -2.27. The molecule has 50 heavy (non-hydrogen) atoms. The topological polar surface area (TPSA) is 127 Å². The molecule has 3 heterocycles. The van der Waals surface area contributed by atoms with E-state index in [0.717, 1.165) is 17.2 Å². The summed E-state index contributed by atoms with van der Waals surface area (Å²) in [6.07, 6.45) is 3.31. The van der Waals surface area contributed by atoms with E-state index in [4.69, 9.17) is 9.72 Å². The number of sulfone groups is 1. The molecule has 1 aliphatic heterocycles. The molecule has 0 saturated heterocycles. The minimum absolute atomic E-state index is 0.0118. The molecule has 0 aliphatic carbocycles. The summed E-state index contributed by atoms with van der Waals surface area (Å²) in [4.78, 5) is 19.0. The third-order valence-electron chi connectivity index (χ3n) is 9.38. The summed E-state index contributed by atoms with van der Waals surface area (Å²) >= 11 is 0. The fraction of sp³-hybridized carbons (Fsp3) is 0.378.